The maximum atomic E-state index is 11.3. The molecule has 9 nitrogen and oxygen atoms in total. The molecule has 0 saturated carbocycles. The number of nitro groups is 1. The molecule has 0 aliphatic carbocycles. The number of piperazine rings is 1. The van der Waals surface area contributed by atoms with Gasteiger partial charge in [-0.05, 0) is 19.9 Å². The van der Waals surface area contributed by atoms with Gasteiger partial charge in [-0.3, -0.25) is 14.8 Å². The van der Waals surface area contributed by atoms with Crippen molar-refractivity contribution in [3.63, 3.8) is 0 Å². The minimum atomic E-state index is -0.378. The third kappa shape index (κ3) is 2.72. The van der Waals surface area contributed by atoms with Crippen molar-refractivity contribution in [2.75, 3.05) is 41.7 Å². The Hall–Kier alpha value is -2.84. The number of aryl methyl sites for hydroxylation is 3. The van der Waals surface area contributed by atoms with Crippen LogP contribution in [0, 0.1) is 24.0 Å². The van der Waals surface area contributed by atoms with Gasteiger partial charge in [0, 0.05) is 45.0 Å². The molecular weight excluding hydrogens is 310 g/mol. The predicted molar refractivity (Wildman–Crippen MR) is 92.4 cm³/mol. The Kier molecular flexibility index (Phi) is 4.00. The molecule has 0 spiro atoms. The number of rotatable bonds is 3. The van der Waals surface area contributed by atoms with Gasteiger partial charge < -0.3 is 15.5 Å². The average molecular weight is 331 g/mol. The van der Waals surface area contributed by atoms with E-state index in [-0.39, 0.29) is 10.6 Å². The van der Waals surface area contributed by atoms with E-state index in [0.717, 1.165) is 17.2 Å². The van der Waals surface area contributed by atoms with Crippen molar-refractivity contribution in [1.82, 2.24) is 14.8 Å². The SMILES string of the molecule is Cc1ccc([N+](=O)[O-])c(N2CCN(c3c(N)c(C)nn3C)CC2)n1. The number of nitrogens with zero attached hydrogens (tertiary/aromatic N) is 6. The molecule has 9 heteroatoms. The Morgan fingerprint density at radius 3 is 2.33 bits per heavy atom. The van der Waals surface area contributed by atoms with Crippen molar-refractivity contribution in [1.29, 1.82) is 0 Å². The highest BCUT2D eigenvalue weighted by atomic mass is 16.6. The van der Waals surface area contributed by atoms with E-state index in [2.05, 4.69) is 15.0 Å². The molecule has 0 bridgehead atoms. The largest absolute Gasteiger partial charge is 0.394 e. The van der Waals surface area contributed by atoms with E-state index >= 15 is 0 Å². The van der Waals surface area contributed by atoms with E-state index in [4.69, 9.17) is 5.73 Å². The van der Waals surface area contributed by atoms with Crippen molar-refractivity contribution in [3.8, 4) is 0 Å². The van der Waals surface area contributed by atoms with Crippen LogP contribution in [0.1, 0.15) is 11.4 Å². The summed E-state index contributed by atoms with van der Waals surface area (Å²) in [5.41, 5.74) is 8.43. The molecule has 0 atom stereocenters. The summed E-state index contributed by atoms with van der Waals surface area (Å²) in [4.78, 5) is 19.4. The predicted octanol–water partition coefficient (Wildman–Crippen LogP) is 1.25. The molecular formula is C15H21N7O2. The first-order valence-corrected chi connectivity index (χ1v) is 7.79. The molecule has 2 aromatic heterocycles. The van der Waals surface area contributed by atoms with Gasteiger partial charge in [-0.25, -0.2) is 4.98 Å². The average Bonchev–Trinajstić information content (AvgIpc) is 2.80. The number of pyridine rings is 1. The van der Waals surface area contributed by atoms with Crippen molar-refractivity contribution < 1.29 is 4.92 Å². The van der Waals surface area contributed by atoms with E-state index in [1.54, 1.807) is 10.7 Å². The second-order valence-corrected chi connectivity index (χ2v) is 5.97. The fourth-order valence-electron chi connectivity index (χ4n) is 3.08. The normalized spacial score (nSPS) is 15.0. The van der Waals surface area contributed by atoms with Gasteiger partial charge in [0.05, 0.1) is 16.3 Å². The molecule has 0 radical (unpaired) electrons. The summed E-state index contributed by atoms with van der Waals surface area (Å²) in [6.45, 7) is 6.41. The molecule has 0 unspecified atom stereocenters. The minimum Gasteiger partial charge on any atom is -0.394 e. The van der Waals surface area contributed by atoms with Gasteiger partial charge in [0.15, 0.2) is 5.82 Å². The number of aromatic nitrogens is 3. The molecule has 2 aromatic rings. The lowest BCUT2D eigenvalue weighted by Crippen LogP contribution is -2.47. The van der Waals surface area contributed by atoms with E-state index in [1.165, 1.54) is 6.07 Å². The van der Waals surface area contributed by atoms with Crippen LogP contribution in [0.2, 0.25) is 0 Å². The van der Waals surface area contributed by atoms with Crippen molar-refractivity contribution >= 4 is 23.0 Å². The maximum Gasteiger partial charge on any atom is 0.311 e. The van der Waals surface area contributed by atoms with Gasteiger partial charge in [0.1, 0.15) is 0 Å². The molecule has 1 aliphatic heterocycles. The zero-order chi connectivity index (χ0) is 17.4. The number of nitrogens with two attached hydrogens (primary N) is 1. The van der Waals surface area contributed by atoms with Crippen molar-refractivity contribution in [2.45, 2.75) is 13.8 Å². The summed E-state index contributed by atoms with van der Waals surface area (Å²) in [5, 5.41) is 15.6. The lowest BCUT2D eigenvalue weighted by Gasteiger charge is -2.36. The standard InChI is InChI=1S/C15H21N7O2/c1-10-4-5-12(22(23)24)14(17-10)20-6-8-21(9-7-20)15-13(16)11(2)18-19(15)3/h4-5H,6-9,16H2,1-3H3. The number of hydrogen-bond donors (Lipinski definition) is 1. The minimum absolute atomic E-state index is 0.0462. The highest BCUT2D eigenvalue weighted by molar-refractivity contribution is 5.67. The van der Waals surface area contributed by atoms with Crippen LogP contribution < -0.4 is 15.5 Å². The van der Waals surface area contributed by atoms with Gasteiger partial charge in [-0.15, -0.1) is 0 Å². The van der Waals surface area contributed by atoms with Gasteiger partial charge in [0.2, 0.25) is 5.82 Å². The van der Waals surface area contributed by atoms with Crippen LogP contribution >= 0.6 is 0 Å². The van der Waals surface area contributed by atoms with Crippen LogP contribution in [0.4, 0.5) is 23.0 Å². The molecule has 24 heavy (non-hydrogen) atoms. The molecule has 1 saturated heterocycles. The zero-order valence-electron chi connectivity index (χ0n) is 14.1. The fourth-order valence-corrected chi connectivity index (χ4v) is 3.08. The smallest absolute Gasteiger partial charge is 0.311 e. The zero-order valence-corrected chi connectivity index (χ0v) is 14.1. The summed E-state index contributed by atoms with van der Waals surface area (Å²) in [5.74, 6) is 1.34. The molecule has 2 N–H and O–H groups in total. The third-order valence-corrected chi connectivity index (χ3v) is 4.31. The van der Waals surface area contributed by atoms with Crippen LogP contribution in [0.3, 0.4) is 0 Å². The van der Waals surface area contributed by atoms with Crippen LogP contribution in [0.5, 0.6) is 0 Å². The lowest BCUT2D eigenvalue weighted by molar-refractivity contribution is -0.384. The number of anilines is 3. The molecule has 1 aliphatic rings. The number of nitrogen functional groups attached to an aromatic ring is 1. The molecule has 0 amide bonds. The van der Waals surface area contributed by atoms with Gasteiger partial charge in [0.25, 0.3) is 0 Å². The summed E-state index contributed by atoms with van der Waals surface area (Å²) in [7, 11) is 1.87. The van der Waals surface area contributed by atoms with E-state index < -0.39 is 0 Å². The molecule has 3 heterocycles. The molecule has 0 aromatic carbocycles. The highest BCUT2D eigenvalue weighted by Crippen LogP contribution is 2.30. The first kappa shape index (κ1) is 16.0. The Balaban J connectivity index is 1.81. The van der Waals surface area contributed by atoms with Crippen LogP contribution in [-0.2, 0) is 7.05 Å². The van der Waals surface area contributed by atoms with Crippen molar-refractivity contribution in [2.24, 2.45) is 7.05 Å². The highest BCUT2D eigenvalue weighted by Gasteiger charge is 2.27. The van der Waals surface area contributed by atoms with Crippen LogP contribution in [0.25, 0.3) is 0 Å². The Bertz CT molecular complexity index is 778. The lowest BCUT2D eigenvalue weighted by atomic mass is 10.2. The first-order valence-electron chi connectivity index (χ1n) is 7.79. The molecule has 1 fully saturated rings. The fraction of sp³-hybridized carbons (Fsp3) is 0.467. The van der Waals surface area contributed by atoms with E-state index in [1.807, 2.05) is 25.8 Å². The van der Waals surface area contributed by atoms with Gasteiger partial charge in [-0.2, -0.15) is 5.10 Å². The summed E-state index contributed by atoms with van der Waals surface area (Å²) >= 11 is 0. The monoisotopic (exact) mass is 331 g/mol. The van der Waals surface area contributed by atoms with E-state index in [0.29, 0.717) is 37.7 Å². The van der Waals surface area contributed by atoms with Gasteiger partial charge >= 0.3 is 5.69 Å². The van der Waals surface area contributed by atoms with Crippen molar-refractivity contribution in [3.05, 3.63) is 33.6 Å². The van der Waals surface area contributed by atoms with E-state index in [9.17, 15) is 10.1 Å². The quantitative estimate of drug-likeness (QED) is 0.666. The Morgan fingerprint density at radius 1 is 1.17 bits per heavy atom. The molecule has 3 rings (SSSR count). The summed E-state index contributed by atoms with van der Waals surface area (Å²) in [6.07, 6.45) is 0. The summed E-state index contributed by atoms with van der Waals surface area (Å²) < 4.78 is 1.79. The topological polar surface area (TPSA) is 106 Å². The second kappa shape index (κ2) is 5.99. The van der Waals surface area contributed by atoms with Gasteiger partial charge in [-0.1, -0.05) is 0 Å². The third-order valence-electron chi connectivity index (χ3n) is 4.31. The first-order chi connectivity index (χ1) is 11.4. The molecule has 128 valence electrons. The van der Waals surface area contributed by atoms with Crippen LogP contribution in [0.15, 0.2) is 12.1 Å². The number of hydrogen-bond acceptors (Lipinski definition) is 7. The summed E-state index contributed by atoms with van der Waals surface area (Å²) in [6, 6.07) is 3.18. The second-order valence-electron chi connectivity index (χ2n) is 5.97. The Labute approximate surface area is 139 Å². The Morgan fingerprint density at radius 2 is 1.79 bits per heavy atom. The maximum absolute atomic E-state index is 11.3. The van der Waals surface area contributed by atoms with Crippen LogP contribution in [-0.4, -0.2) is 45.9 Å².